The van der Waals surface area contributed by atoms with E-state index in [1.165, 1.54) is 0 Å². The zero-order chi connectivity index (χ0) is 13.3. The van der Waals surface area contributed by atoms with Crippen molar-refractivity contribution in [2.45, 2.75) is 27.2 Å². The van der Waals surface area contributed by atoms with Gasteiger partial charge in [0.25, 0.3) is 11.8 Å². The quantitative estimate of drug-likeness (QED) is 0.768. The molecule has 0 bridgehead atoms. The van der Waals surface area contributed by atoms with E-state index in [1.54, 1.807) is 24.3 Å². The summed E-state index contributed by atoms with van der Waals surface area (Å²) in [6.45, 7) is 6.46. The molecule has 4 nitrogen and oxygen atoms in total. The minimum atomic E-state index is -0.373. The molecule has 1 aromatic rings. The van der Waals surface area contributed by atoms with Crippen LogP contribution in [0.25, 0.3) is 0 Å². The van der Waals surface area contributed by atoms with Crippen molar-refractivity contribution in [3.05, 3.63) is 35.4 Å². The predicted octanol–water partition coefficient (Wildman–Crippen LogP) is 2.65. The minimum Gasteiger partial charge on any atom is -0.266 e. The lowest BCUT2D eigenvalue weighted by atomic mass is 9.92. The molecule has 96 valence electrons. The number of amides is 2. The monoisotopic (exact) mass is 247 g/mol. The van der Waals surface area contributed by atoms with Crippen LogP contribution in [-0.4, -0.2) is 23.5 Å². The van der Waals surface area contributed by atoms with E-state index in [0.29, 0.717) is 17.7 Å². The standard InChI is InChI=1S/C14H17NO3/c1-4-14(2,3)9-18-15-12(16)10-7-5-6-8-11(10)13(15)17/h5-8H,4,9H2,1-3H3. The summed E-state index contributed by atoms with van der Waals surface area (Å²) in [4.78, 5) is 29.4. The van der Waals surface area contributed by atoms with Gasteiger partial charge in [-0.15, -0.1) is 5.06 Å². The summed E-state index contributed by atoms with van der Waals surface area (Å²) >= 11 is 0. The molecule has 0 aliphatic carbocycles. The van der Waals surface area contributed by atoms with Crippen LogP contribution in [0.4, 0.5) is 0 Å². The van der Waals surface area contributed by atoms with Gasteiger partial charge in [0.1, 0.15) is 0 Å². The number of carbonyl (C=O) groups excluding carboxylic acids is 2. The molecule has 1 heterocycles. The van der Waals surface area contributed by atoms with Crippen LogP contribution in [0.2, 0.25) is 0 Å². The van der Waals surface area contributed by atoms with Crippen LogP contribution >= 0.6 is 0 Å². The Bertz CT molecular complexity index is 459. The topological polar surface area (TPSA) is 46.6 Å². The van der Waals surface area contributed by atoms with E-state index in [4.69, 9.17) is 4.84 Å². The highest BCUT2D eigenvalue weighted by Crippen LogP contribution is 2.25. The van der Waals surface area contributed by atoms with E-state index in [9.17, 15) is 9.59 Å². The maximum atomic E-state index is 12.0. The summed E-state index contributed by atoms with van der Waals surface area (Å²) in [5.74, 6) is -0.745. The molecule has 0 spiro atoms. The molecule has 2 rings (SSSR count). The molecule has 0 atom stereocenters. The van der Waals surface area contributed by atoms with Crippen LogP contribution in [0.3, 0.4) is 0 Å². The fraction of sp³-hybridized carbons (Fsp3) is 0.429. The fourth-order valence-electron chi connectivity index (χ4n) is 1.63. The van der Waals surface area contributed by atoms with E-state index >= 15 is 0 Å². The Hall–Kier alpha value is -1.68. The first kappa shape index (κ1) is 12.8. The molecule has 0 saturated carbocycles. The minimum absolute atomic E-state index is 0.0602. The summed E-state index contributed by atoms with van der Waals surface area (Å²) < 4.78 is 0. The van der Waals surface area contributed by atoms with Gasteiger partial charge in [0.15, 0.2) is 0 Å². The number of nitrogens with zero attached hydrogens (tertiary/aromatic N) is 1. The van der Waals surface area contributed by atoms with Crippen molar-refractivity contribution in [1.29, 1.82) is 0 Å². The highest BCUT2D eigenvalue weighted by molar-refractivity contribution is 6.20. The summed E-state index contributed by atoms with van der Waals surface area (Å²) in [5, 5.41) is 0.877. The van der Waals surface area contributed by atoms with Gasteiger partial charge in [0, 0.05) is 0 Å². The Labute approximate surface area is 106 Å². The smallest absolute Gasteiger partial charge is 0.266 e. The molecule has 1 aromatic carbocycles. The van der Waals surface area contributed by atoms with Crippen molar-refractivity contribution in [1.82, 2.24) is 5.06 Å². The second kappa shape index (κ2) is 4.53. The summed E-state index contributed by atoms with van der Waals surface area (Å²) in [6, 6.07) is 6.76. The van der Waals surface area contributed by atoms with Crippen LogP contribution in [0.5, 0.6) is 0 Å². The number of hydroxylamine groups is 2. The first-order valence-electron chi connectivity index (χ1n) is 6.07. The molecule has 18 heavy (non-hydrogen) atoms. The normalized spacial score (nSPS) is 15.2. The number of hydrogen-bond acceptors (Lipinski definition) is 3. The van der Waals surface area contributed by atoms with Gasteiger partial charge in [-0.3, -0.25) is 14.4 Å². The molecule has 0 radical (unpaired) electrons. The third kappa shape index (κ3) is 2.16. The van der Waals surface area contributed by atoms with Crippen LogP contribution in [-0.2, 0) is 4.84 Å². The summed E-state index contributed by atoms with van der Waals surface area (Å²) in [6.07, 6.45) is 0.913. The van der Waals surface area contributed by atoms with Crippen molar-refractivity contribution >= 4 is 11.8 Å². The van der Waals surface area contributed by atoms with Crippen LogP contribution in [0.15, 0.2) is 24.3 Å². The highest BCUT2D eigenvalue weighted by Gasteiger charge is 2.37. The second-order valence-electron chi connectivity index (χ2n) is 5.24. The highest BCUT2D eigenvalue weighted by atomic mass is 16.7. The van der Waals surface area contributed by atoms with Crippen molar-refractivity contribution in [2.24, 2.45) is 5.41 Å². The van der Waals surface area contributed by atoms with Gasteiger partial charge in [-0.1, -0.05) is 32.9 Å². The van der Waals surface area contributed by atoms with Gasteiger partial charge in [-0.25, -0.2) is 0 Å². The van der Waals surface area contributed by atoms with Crippen molar-refractivity contribution in [3.63, 3.8) is 0 Å². The van der Waals surface area contributed by atoms with Gasteiger partial charge >= 0.3 is 0 Å². The maximum Gasteiger partial charge on any atom is 0.285 e. The van der Waals surface area contributed by atoms with Crippen LogP contribution < -0.4 is 0 Å². The lowest BCUT2D eigenvalue weighted by Gasteiger charge is -2.24. The number of benzene rings is 1. The van der Waals surface area contributed by atoms with Crippen molar-refractivity contribution < 1.29 is 14.4 Å². The SMILES string of the molecule is CCC(C)(C)CON1C(=O)c2ccccc2C1=O. The first-order chi connectivity index (χ1) is 8.46. The summed E-state index contributed by atoms with van der Waals surface area (Å²) in [5.41, 5.74) is 0.767. The van der Waals surface area contributed by atoms with Crippen molar-refractivity contribution in [3.8, 4) is 0 Å². The average Bonchev–Trinajstić information content (AvgIpc) is 2.61. The molecule has 0 fully saturated rings. The number of hydrogen-bond donors (Lipinski definition) is 0. The van der Waals surface area contributed by atoms with Crippen molar-refractivity contribution in [2.75, 3.05) is 6.61 Å². The third-order valence-corrected chi connectivity index (χ3v) is 3.30. The molecule has 0 N–H and O–H groups in total. The zero-order valence-corrected chi connectivity index (χ0v) is 10.9. The lowest BCUT2D eigenvalue weighted by Crippen LogP contribution is -2.34. The molecule has 4 heteroatoms. The van der Waals surface area contributed by atoms with E-state index in [0.717, 1.165) is 11.5 Å². The largest absolute Gasteiger partial charge is 0.285 e. The molecule has 0 aromatic heterocycles. The molecule has 0 saturated heterocycles. The summed E-state index contributed by atoms with van der Waals surface area (Å²) in [7, 11) is 0. The number of imide groups is 1. The molecular formula is C14H17NO3. The fourth-order valence-corrected chi connectivity index (χ4v) is 1.63. The average molecular weight is 247 g/mol. The van der Waals surface area contributed by atoms with Gasteiger partial charge in [-0.05, 0) is 24.0 Å². The lowest BCUT2D eigenvalue weighted by molar-refractivity contribution is -0.116. The number of rotatable bonds is 4. The molecule has 1 aliphatic heterocycles. The van der Waals surface area contributed by atoms with Crippen LogP contribution in [0, 0.1) is 5.41 Å². The Morgan fingerprint density at radius 2 is 1.61 bits per heavy atom. The van der Waals surface area contributed by atoms with Gasteiger partial charge in [0.05, 0.1) is 17.7 Å². The number of fused-ring (bicyclic) bond motifs is 1. The molecule has 2 amide bonds. The van der Waals surface area contributed by atoms with Gasteiger partial charge in [-0.2, -0.15) is 0 Å². The first-order valence-corrected chi connectivity index (χ1v) is 6.07. The van der Waals surface area contributed by atoms with Gasteiger partial charge < -0.3 is 0 Å². The Kier molecular flexibility index (Phi) is 3.22. The van der Waals surface area contributed by atoms with Crippen LogP contribution in [0.1, 0.15) is 47.9 Å². The third-order valence-electron chi connectivity index (χ3n) is 3.30. The van der Waals surface area contributed by atoms with Gasteiger partial charge in [0.2, 0.25) is 0 Å². The Morgan fingerprint density at radius 1 is 1.11 bits per heavy atom. The maximum absolute atomic E-state index is 12.0. The van der Waals surface area contributed by atoms with E-state index in [-0.39, 0.29) is 17.2 Å². The predicted molar refractivity (Wildman–Crippen MR) is 67.0 cm³/mol. The Morgan fingerprint density at radius 3 is 2.06 bits per heavy atom. The Balaban J connectivity index is 2.14. The van der Waals surface area contributed by atoms with E-state index < -0.39 is 0 Å². The zero-order valence-electron chi connectivity index (χ0n) is 10.9. The molecular weight excluding hydrogens is 230 g/mol. The van der Waals surface area contributed by atoms with E-state index in [1.807, 2.05) is 20.8 Å². The second-order valence-corrected chi connectivity index (χ2v) is 5.24. The number of carbonyl (C=O) groups is 2. The molecule has 1 aliphatic rings. The van der Waals surface area contributed by atoms with E-state index in [2.05, 4.69) is 0 Å². The molecule has 0 unspecified atom stereocenters.